The van der Waals surface area contributed by atoms with E-state index in [-0.39, 0.29) is 17.9 Å². The van der Waals surface area contributed by atoms with E-state index >= 15 is 0 Å². The minimum absolute atomic E-state index is 0.0443. The predicted octanol–water partition coefficient (Wildman–Crippen LogP) is 2.19. The molecule has 0 saturated heterocycles. The molecular weight excluding hydrogens is 230 g/mol. The van der Waals surface area contributed by atoms with E-state index in [0.717, 1.165) is 12.8 Å². The maximum absolute atomic E-state index is 11.9. The molecule has 1 amide bonds. The van der Waals surface area contributed by atoms with Gasteiger partial charge in [0.25, 0.3) is 0 Å². The van der Waals surface area contributed by atoms with Crippen molar-refractivity contribution in [3.63, 3.8) is 0 Å². The van der Waals surface area contributed by atoms with Crippen LogP contribution in [0.3, 0.4) is 0 Å². The first kappa shape index (κ1) is 14.2. The standard InChI is InChI=1S/C14H19NO3/c1-3-4-9-15(2)13(16)10-11-7-5-6-8-12(11)14(17)18/h5-8H,3-4,9-10H2,1-2H3,(H,17,18). The lowest BCUT2D eigenvalue weighted by molar-refractivity contribution is -0.129. The number of carbonyl (C=O) groups excluding carboxylic acids is 1. The first-order chi connectivity index (χ1) is 8.56. The Balaban J connectivity index is 2.72. The maximum atomic E-state index is 11.9. The molecule has 0 saturated carbocycles. The van der Waals surface area contributed by atoms with Crippen molar-refractivity contribution in [2.24, 2.45) is 0 Å². The van der Waals surface area contributed by atoms with Crippen molar-refractivity contribution in [3.8, 4) is 0 Å². The molecular formula is C14H19NO3. The van der Waals surface area contributed by atoms with Gasteiger partial charge in [-0.1, -0.05) is 31.5 Å². The molecule has 4 heteroatoms. The number of carboxylic acids is 1. The molecule has 18 heavy (non-hydrogen) atoms. The first-order valence-corrected chi connectivity index (χ1v) is 6.11. The van der Waals surface area contributed by atoms with Crippen LogP contribution in [0.5, 0.6) is 0 Å². The number of rotatable bonds is 6. The highest BCUT2D eigenvalue weighted by Crippen LogP contribution is 2.10. The zero-order chi connectivity index (χ0) is 13.5. The second-order valence-corrected chi connectivity index (χ2v) is 4.31. The van der Waals surface area contributed by atoms with Gasteiger partial charge in [-0.25, -0.2) is 4.79 Å². The number of benzene rings is 1. The van der Waals surface area contributed by atoms with Gasteiger partial charge in [-0.2, -0.15) is 0 Å². The Morgan fingerprint density at radius 3 is 2.56 bits per heavy atom. The van der Waals surface area contributed by atoms with Crippen LogP contribution in [-0.4, -0.2) is 35.5 Å². The molecule has 0 aliphatic carbocycles. The third kappa shape index (κ3) is 3.87. The van der Waals surface area contributed by atoms with Gasteiger partial charge in [0.15, 0.2) is 0 Å². The summed E-state index contributed by atoms with van der Waals surface area (Å²) in [6, 6.07) is 6.63. The van der Waals surface area contributed by atoms with Crippen LogP contribution in [0.4, 0.5) is 0 Å². The zero-order valence-corrected chi connectivity index (χ0v) is 10.8. The van der Waals surface area contributed by atoms with Crippen LogP contribution in [0.15, 0.2) is 24.3 Å². The molecule has 0 atom stereocenters. The quantitative estimate of drug-likeness (QED) is 0.840. The van der Waals surface area contributed by atoms with Crippen LogP contribution in [0.2, 0.25) is 0 Å². The number of likely N-dealkylation sites (N-methyl/N-ethyl adjacent to an activating group) is 1. The summed E-state index contributed by atoms with van der Waals surface area (Å²) in [7, 11) is 1.75. The molecule has 0 fully saturated rings. The van der Waals surface area contributed by atoms with Crippen molar-refractivity contribution in [3.05, 3.63) is 35.4 Å². The van der Waals surface area contributed by atoms with Crippen LogP contribution in [0.1, 0.15) is 35.7 Å². The van der Waals surface area contributed by atoms with E-state index in [1.54, 1.807) is 30.1 Å². The highest BCUT2D eigenvalue weighted by atomic mass is 16.4. The smallest absolute Gasteiger partial charge is 0.335 e. The maximum Gasteiger partial charge on any atom is 0.335 e. The first-order valence-electron chi connectivity index (χ1n) is 6.11. The minimum atomic E-state index is -0.991. The molecule has 1 aromatic carbocycles. The van der Waals surface area contributed by atoms with Crippen LogP contribution in [-0.2, 0) is 11.2 Å². The van der Waals surface area contributed by atoms with Crippen molar-refractivity contribution < 1.29 is 14.7 Å². The lowest BCUT2D eigenvalue weighted by Gasteiger charge is -2.17. The van der Waals surface area contributed by atoms with E-state index < -0.39 is 5.97 Å². The topological polar surface area (TPSA) is 57.6 Å². The Morgan fingerprint density at radius 1 is 1.28 bits per heavy atom. The number of aromatic carboxylic acids is 1. The van der Waals surface area contributed by atoms with Gasteiger partial charge in [0.05, 0.1) is 12.0 Å². The number of unbranched alkanes of at least 4 members (excludes halogenated alkanes) is 1. The van der Waals surface area contributed by atoms with Gasteiger partial charge in [-0.05, 0) is 18.1 Å². The van der Waals surface area contributed by atoms with Crippen LogP contribution >= 0.6 is 0 Å². The third-order valence-corrected chi connectivity index (χ3v) is 2.86. The summed E-state index contributed by atoms with van der Waals surface area (Å²) in [5.74, 6) is -1.04. The molecule has 0 spiro atoms. The highest BCUT2D eigenvalue weighted by molar-refractivity contribution is 5.91. The van der Waals surface area contributed by atoms with Gasteiger partial charge in [0.1, 0.15) is 0 Å². The number of nitrogens with zero attached hydrogens (tertiary/aromatic N) is 1. The van der Waals surface area contributed by atoms with Gasteiger partial charge in [-0.15, -0.1) is 0 Å². The molecule has 1 aromatic rings. The summed E-state index contributed by atoms with van der Waals surface area (Å²) >= 11 is 0. The molecule has 0 aliphatic rings. The van der Waals surface area contributed by atoms with Crippen molar-refractivity contribution in [1.82, 2.24) is 4.90 Å². The van der Waals surface area contributed by atoms with Gasteiger partial charge < -0.3 is 10.0 Å². The summed E-state index contributed by atoms with van der Waals surface area (Å²) in [4.78, 5) is 24.6. The van der Waals surface area contributed by atoms with Gasteiger partial charge in [0, 0.05) is 13.6 Å². The third-order valence-electron chi connectivity index (χ3n) is 2.86. The average Bonchev–Trinajstić information content (AvgIpc) is 2.36. The fourth-order valence-corrected chi connectivity index (χ4v) is 1.70. The lowest BCUT2D eigenvalue weighted by Crippen LogP contribution is -2.29. The number of hydrogen-bond donors (Lipinski definition) is 1. The van der Waals surface area contributed by atoms with Crippen molar-refractivity contribution in [2.75, 3.05) is 13.6 Å². The molecule has 0 unspecified atom stereocenters. The molecule has 0 aliphatic heterocycles. The Hall–Kier alpha value is -1.84. The van der Waals surface area contributed by atoms with E-state index in [2.05, 4.69) is 6.92 Å². The predicted molar refractivity (Wildman–Crippen MR) is 69.7 cm³/mol. The molecule has 0 aromatic heterocycles. The normalized spacial score (nSPS) is 10.1. The zero-order valence-electron chi connectivity index (χ0n) is 10.8. The molecule has 4 nitrogen and oxygen atoms in total. The Kier molecular flexibility index (Phi) is 5.36. The fraction of sp³-hybridized carbons (Fsp3) is 0.429. The Bertz CT molecular complexity index is 429. The van der Waals surface area contributed by atoms with Gasteiger partial charge in [-0.3, -0.25) is 4.79 Å². The summed E-state index contributed by atoms with van der Waals surface area (Å²) < 4.78 is 0. The highest BCUT2D eigenvalue weighted by Gasteiger charge is 2.14. The summed E-state index contributed by atoms with van der Waals surface area (Å²) in [5, 5.41) is 9.03. The van der Waals surface area contributed by atoms with Crippen LogP contribution in [0.25, 0.3) is 0 Å². The van der Waals surface area contributed by atoms with Crippen molar-refractivity contribution in [1.29, 1.82) is 0 Å². The van der Waals surface area contributed by atoms with E-state index in [1.807, 2.05) is 0 Å². The largest absolute Gasteiger partial charge is 0.478 e. The van der Waals surface area contributed by atoms with Gasteiger partial charge >= 0.3 is 5.97 Å². The van der Waals surface area contributed by atoms with Crippen LogP contribution < -0.4 is 0 Å². The Morgan fingerprint density at radius 2 is 1.94 bits per heavy atom. The summed E-state index contributed by atoms with van der Waals surface area (Å²) in [6.07, 6.45) is 2.13. The van der Waals surface area contributed by atoms with E-state index in [4.69, 9.17) is 5.11 Å². The molecule has 98 valence electrons. The lowest BCUT2D eigenvalue weighted by atomic mass is 10.0. The summed E-state index contributed by atoms with van der Waals surface area (Å²) in [6.45, 7) is 2.78. The molecule has 1 N–H and O–H groups in total. The van der Waals surface area contributed by atoms with E-state index in [1.165, 1.54) is 6.07 Å². The number of carbonyl (C=O) groups is 2. The van der Waals surface area contributed by atoms with Gasteiger partial charge in [0.2, 0.25) is 5.91 Å². The van der Waals surface area contributed by atoms with E-state index in [9.17, 15) is 9.59 Å². The Labute approximate surface area is 107 Å². The minimum Gasteiger partial charge on any atom is -0.478 e. The van der Waals surface area contributed by atoms with Crippen molar-refractivity contribution >= 4 is 11.9 Å². The van der Waals surface area contributed by atoms with Crippen LogP contribution in [0, 0.1) is 0 Å². The second kappa shape index (κ2) is 6.79. The molecule has 0 bridgehead atoms. The fourth-order valence-electron chi connectivity index (χ4n) is 1.70. The average molecular weight is 249 g/mol. The molecule has 0 radical (unpaired) electrons. The number of carboxylic acid groups (broad SMARTS) is 1. The SMILES string of the molecule is CCCCN(C)C(=O)Cc1ccccc1C(=O)O. The number of hydrogen-bond acceptors (Lipinski definition) is 2. The van der Waals surface area contributed by atoms with E-state index in [0.29, 0.717) is 12.1 Å². The van der Waals surface area contributed by atoms with Crippen molar-refractivity contribution in [2.45, 2.75) is 26.2 Å². The molecule has 0 heterocycles. The second-order valence-electron chi connectivity index (χ2n) is 4.31. The monoisotopic (exact) mass is 249 g/mol. The summed E-state index contributed by atoms with van der Waals surface area (Å²) in [5.41, 5.74) is 0.771. The number of amides is 1. The molecule has 1 rings (SSSR count).